The minimum absolute atomic E-state index is 0.0986. The molecule has 0 bridgehead atoms. The maximum atomic E-state index is 13.2. The lowest BCUT2D eigenvalue weighted by atomic mass is 10.1. The molecule has 7 heteroatoms. The minimum atomic E-state index is -2.97. The highest BCUT2D eigenvalue weighted by Gasteiger charge is 2.25. The van der Waals surface area contributed by atoms with Crippen LogP contribution >= 0.6 is 15.9 Å². The summed E-state index contributed by atoms with van der Waals surface area (Å²) in [5.41, 5.74) is 6.54. The first-order chi connectivity index (χ1) is 8.37. The molecule has 1 aromatic rings. The van der Waals surface area contributed by atoms with Crippen molar-refractivity contribution in [2.75, 3.05) is 22.6 Å². The standard InChI is InChI=1S/C11H14BrFN2O2S/c12-8-4-11(10(14)5-9(8)13)15-7-2-1-3-18(16,17)6-7/h4-5,7,15H,1-3,6,14H2. The number of nitrogens with one attached hydrogen (secondary N) is 1. The summed E-state index contributed by atoms with van der Waals surface area (Å²) in [6.07, 6.45) is 1.41. The van der Waals surface area contributed by atoms with E-state index in [2.05, 4.69) is 21.2 Å². The average Bonchev–Trinajstić information content (AvgIpc) is 2.24. The van der Waals surface area contributed by atoms with E-state index in [0.717, 1.165) is 6.42 Å². The van der Waals surface area contributed by atoms with Crippen LogP contribution in [-0.4, -0.2) is 26.0 Å². The van der Waals surface area contributed by atoms with Gasteiger partial charge in [-0.15, -0.1) is 0 Å². The summed E-state index contributed by atoms with van der Waals surface area (Å²) in [6, 6.07) is 2.58. The fourth-order valence-electron chi connectivity index (χ4n) is 2.04. The van der Waals surface area contributed by atoms with Gasteiger partial charge in [-0.1, -0.05) is 0 Å². The Bertz CT molecular complexity index is 562. The Kier molecular flexibility index (Phi) is 3.82. The number of nitrogens with two attached hydrogens (primary N) is 1. The van der Waals surface area contributed by atoms with Crippen LogP contribution in [0.15, 0.2) is 16.6 Å². The maximum Gasteiger partial charge on any atom is 0.152 e. The van der Waals surface area contributed by atoms with Gasteiger partial charge in [-0.3, -0.25) is 0 Å². The molecule has 0 aliphatic carbocycles. The van der Waals surface area contributed by atoms with Gasteiger partial charge in [-0.25, -0.2) is 12.8 Å². The molecular weight excluding hydrogens is 323 g/mol. The van der Waals surface area contributed by atoms with Crippen molar-refractivity contribution in [3.63, 3.8) is 0 Å². The topological polar surface area (TPSA) is 72.2 Å². The summed E-state index contributed by atoms with van der Waals surface area (Å²) in [4.78, 5) is 0. The predicted octanol–water partition coefficient (Wildman–Crippen LogP) is 2.16. The van der Waals surface area contributed by atoms with Gasteiger partial charge in [-0.05, 0) is 34.8 Å². The highest BCUT2D eigenvalue weighted by Crippen LogP contribution is 2.28. The largest absolute Gasteiger partial charge is 0.397 e. The van der Waals surface area contributed by atoms with Crippen molar-refractivity contribution in [1.29, 1.82) is 0 Å². The van der Waals surface area contributed by atoms with E-state index in [4.69, 9.17) is 5.73 Å². The molecule has 1 heterocycles. The number of hydrogen-bond acceptors (Lipinski definition) is 4. The summed E-state index contributed by atoms with van der Waals surface area (Å²) >= 11 is 3.08. The summed E-state index contributed by atoms with van der Waals surface area (Å²) in [7, 11) is -2.97. The van der Waals surface area contributed by atoms with E-state index in [0.29, 0.717) is 16.6 Å². The molecular formula is C11H14BrFN2O2S. The molecule has 1 aliphatic heterocycles. The van der Waals surface area contributed by atoms with Gasteiger partial charge < -0.3 is 11.1 Å². The molecule has 1 unspecified atom stereocenters. The number of halogens is 2. The van der Waals surface area contributed by atoms with Gasteiger partial charge in [0.15, 0.2) is 9.84 Å². The van der Waals surface area contributed by atoms with E-state index in [1.165, 1.54) is 12.1 Å². The molecule has 0 radical (unpaired) electrons. The third kappa shape index (κ3) is 3.14. The summed E-state index contributed by atoms with van der Waals surface area (Å²) < 4.78 is 36.5. The number of anilines is 2. The number of benzene rings is 1. The van der Waals surface area contributed by atoms with E-state index in [9.17, 15) is 12.8 Å². The lowest BCUT2D eigenvalue weighted by Gasteiger charge is -2.24. The minimum Gasteiger partial charge on any atom is -0.397 e. The van der Waals surface area contributed by atoms with E-state index < -0.39 is 15.7 Å². The fraction of sp³-hybridized carbons (Fsp3) is 0.455. The Balaban J connectivity index is 2.17. The molecule has 3 N–H and O–H groups in total. The normalized spacial score (nSPS) is 22.7. The number of hydrogen-bond donors (Lipinski definition) is 2. The van der Waals surface area contributed by atoms with Gasteiger partial charge in [-0.2, -0.15) is 0 Å². The van der Waals surface area contributed by atoms with Crippen LogP contribution in [0.1, 0.15) is 12.8 Å². The summed E-state index contributed by atoms with van der Waals surface area (Å²) in [5.74, 6) is -0.0933. The molecule has 2 rings (SSSR count). The molecule has 0 amide bonds. The van der Waals surface area contributed by atoms with E-state index in [1.54, 1.807) is 0 Å². The maximum absolute atomic E-state index is 13.2. The molecule has 0 spiro atoms. The molecule has 0 aromatic heterocycles. The predicted molar refractivity (Wildman–Crippen MR) is 73.8 cm³/mol. The number of rotatable bonds is 2. The van der Waals surface area contributed by atoms with Crippen molar-refractivity contribution in [3.8, 4) is 0 Å². The fourth-order valence-corrected chi connectivity index (χ4v) is 4.02. The van der Waals surface area contributed by atoms with Crippen molar-refractivity contribution in [3.05, 3.63) is 22.4 Å². The van der Waals surface area contributed by atoms with Crippen molar-refractivity contribution >= 4 is 37.1 Å². The average molecular weight is 337 g/mol. The summed E-state index contributed by atoms with van der Waals surface area (Å²) in [5, 5.41) is 3.07. The quantitative estimate of drug-likeness (QED) is 0.812. The van der Waals surface area contributed by atoms with E-state index in [1.807, 2.05) is 0 Å². The molecule has 4 nitrogen and oxygen atoms in total. The zero-order valence-corrected chi connectivity index (χ0v) is 12.0. The zero-order valence-electron chi connectivity index (χ0n) is 9.62. The molecule has 1 fully saturated rings. The summed E-state index contributed by atoms with van der Waals surface area (Å²) in [6.45, 7) is 0. The SMILES string of the molecule is Nc1cc(F)c(Br)cc1NC1CCCS(=O)(=O)C1. The lowest BCUT2D eigenvalue weighted by Crippen LogP contribution is -2.35. The highest BCUT2D eigenvalue weighted by molar-refractivity contribution is 9.10. The van der Waals surface area contributed by atoms with Crippen molar-refractivity contribution in [2.24, 2.45) is 0 Å². The lowest BCUT2D eigenvalue weighted by molar-refractivity contribution is 0.562. The molecule has 100 valence electrons. The van der Waals surface area contributed by atoms with Crippen LogP contribution in [0, 0.1) is 5.82 Å². The van der Waals surface area contributed by atoms with Crippen LogP contribution in [0.25, 0.3) is 0 Å². The highest BCUT2D eigenvalue weighted by atomic mass is 79.9. The van der Waals surface area contributed by atoms with Crippen LogP contribution in [0.4, 0.5) is 15.8 Å². The van der Waals surface area contributed by atoms with Crippen molar-refractivity contribution in [2.45, 2.75) is 18.9 Å². The zero-order chi connectivity index (χ0) is 13.3. The first kappa shape index (κ1) is 13.6. The number of sulfone groups is 1. The van der Waals surface area contributed by atoms with Gasteiger partial charge in [0, 0.05) is 12.1 Å². The van der Waals surface area contributed by atoms with Crippen LogP contribution in [0.5, 0.6) is 0 Å². The Morgan fingerprint density at radius 1 is 1.44 bits per heavy atom. The van der Waals surface area contributed by atoms with Crippen molar-refractivity contribution < 1.29 is 12.8 Å². The Morgan fingerprint density at radius 3 is 2.83 bits per heavy atom. The molecule has 1 saturated heterocycles. The van der Waals surface area contributed by atoms with Gasteiger partial charge >= 0.3 is 0 Å². The second-order valence-electron chi connectivity index (χ2n) is 4.45. The molecule has 18 heavy (non-hydrogen) atoms. The Morgan fingerprint density at radius 2 is 2.17 bits per heavy atom. The monoisotopic (exact) mass is 336 g/mol. The van der Waals surface area contributed by atoms with E-state index in [-0.39, 0.29) is 23.2 Å². The van der Waals surface area contributed by atoms with Crippen LogP contribution in [-0.2, 0) is 9.84 Å². The third-order valence-electron chi connectivity index (χ3n) is 2.92. The first-order valence-electron chi connectivity index (χ1n) is 5.59. The van der Waals surface area contributed by atoms with Crippen LogP contribution < -0.4 is 11.1 Å². The van der Waals surface area contributed by atoms with Crippen molar-refractivity contribution in [1.82, 2.24) is 0 Å². The van der Waals surface area contributed by atoms with Gasteiger partial charge in [0.25, 0.3) is 0 Å². The molecule has 0 saturated carbocycles. The second-order valence-corrected chi connectivity index (χ2v) is 7.53. The Labute approximate surface area is 114 Å². The molecule has 1 aliphatic rings. The first-order valence-corrected chi connectivity index (χ1v) is 8.20. The van der Waals surface area contributed by atoms with Gasteiger partial charge in [0.1, 0.15) is 5.82 Å². The van der Waals surface area contributed by atoms with E-state index >= 15 is 0 Å². The third-order valence-corrected chi connectivity index (χ3v) is 5.34. The molecule has 1 atom stereocenters. The smallest absolute Gasteiger partial charge is 0.152 e. The van der Waals surface area contributed by atoms with Gasteiger partial charge in [0.05, 0.1) is 27.4 Å². The van der Waals surface area contributed by atoms with Gasteiger partial charge in [0.2, 0.25) is 0 Å². The number of nitrogen functional groups attached to an aromatic ring is 1. The Hall–Kier alpha value is -0.820. The van der Waals surface area contributed by atoms with Crippen LogP contribution in [0.2, 0.25) is 0 Å². The second kappa shape index (κ2) is 5.05. The molecule has 1 aromatic carbocycles. The van der Waals surface area contributed by atoms with Crippen LogP contribution in [0.3, 0.4) is 0 Å².